The molecule has 16 heavy (non-hydrogen) atoms. The zero-order valence-corrected chi connectivity index (χ0v) is 13.0. The summed E-state index contributed by atoms with van der Waals surface area (Å²) in [6, 6.07) is 2.19. The maximum Gasteiger partial charge on any atom is 0.0300 e. The van der Waals surface area contributed by atoms with E-state index in [-0.39, 0.29) is 0 Å². The first-order valence-electron chi connectivity index (χ1n) is 5.84. The largest absolute Gasteiger partial charge is 0.311 e. The maximum atomic E-state index is 3.47. The Hall–Kier alpha value is 0.490. The van der Waals surface area contributed by atoms with Crippen molar-refractivity contribution in [1.82, 2.24) is 5.32 Å². The fraction of sp³-hybridized carbons (Fsp3) is 0.667. The first-order valence-corrected chi connectivity index (χ1v) is 8.67. The van der Waals surface area contributed by atoms with Crippen LogP contribution in [0.25, 0.3) is 0 Å². The van der Waals surface area contributed by atoms with Crippen molar-refractivity contribution in [2.45, 2.75) is 32.7 Å². The van der Waals surface area contributed by atoms with E-state index in [1.807, 2.05) is 11.3 Å². The zero-order valence-electron chi connectivity index (χ0n) is 9.80. The second-order valence-corrected chi connectivity index (χ2v) is 6.86. The summed E-state index contributed by atoms with van der Waals surface area (Å²) in [6.07, 6.45) is 4.08. The molecule has 1 heterocycles. The van der Waals surface area contributed by atoms with Crippen LogP contribution < -0.4 is 5.32 Å². The number of nitrogens with one attached hydrogen (secondary N) is 1. The lowest BCUT2D eigenvalue weighted by atomic mass is 10.3. The van der Waals surface area contributed by atoms with Crippen molar-refractivity contribution < 1.29 is 0 Å². The molecule has 0 atom stereocenters. The highest BCUT2D eigenvalue weighted by Crippen LogP contribution is 2.19. The summed E-state index contributed by atoms with van der Waals surface area (Å²) in [5.74, 6) is 2.55. The third kappa shape index (κ3) is 6.94. The van der Waals surface area contributed by atoms with Gasteiger partial charge in [0.2, 0.25) is 0 Å². The van der Waals surface area contributed by atoms with Gasteiger partial charge in [0.25, 0.3) is 0 Å². The summed E-state index contributed by atoms with van der Waals surface area (Å²) in [4.78, 5) is 1.41. The van der Waals surface area contributed by atoms with Gasteiger partial charge in [-0.2, -0.15) is 11.8 Å². The molecular weight excluding hydrogens is 302 g/mol. The van der Waals surface area contributed by atoms with E-state index in [2.05, 4.69) is 51.4 Å². The molecule has 0 aromatic carbocycles. The number of unbranched alkanes of at least 4 members (excludes halogenated alkanes) is 2. The smallest absolute Gasteiger partial charge is 0.0300 e. The second-order valence-electron chi connectivity index (χ2n) is 3.73. The van der Waals surface area contributed by atoms with Crippen LogP contribution in [0.2, 0.25) is 0 Å². The highest BCUT2D eigenvalue weighted by molar-refractivity contribution is 9.10. The Kier molecular flexibility index (Phi) is 8.65. The van der Waals surface area contributed by atoms with Crippen LogP contribution in [0.5, 0.6) is 0 Å². The van der Waals surface area contributed by atoms with Crippen molar-refractivity contribution >= 4 is 39.0 Å². The van der Waals surface area contributed by atoms with E-state index in [4.69, 9.17) is 0 Å². The first kappa shape index (κ1) is 14.6. The minimum absolute atomic E-state index is 1.01. The average Bonchev–Trinajstić information content (AvgIpc) is 2.68. The van der Waals surface area contributed by atoms with Crippen LogP contribution in [-0.4, -0.2) is 18.1 Å². The molecule has 0 aliphatic heterocycles. The van der Waals surface area contributed by atoms with Crippen LogP contribution in [0.15, 0.2) is 15.9 Å². The zero-order chi connectivity index (χ0) is 11.6. The predicted octanol–water partition coefficient (Wildman–Crippen LogP) is 4.52. The molecule has 1 aromatic rings. The molecule has 0 bridgehead atoms. The molecule has 0 saturated heterocycles. The molecule has 4 heteroatoms. The predicted molar refractivity (Wildman–Crippen MR) is 80.6 cm³/mol. The Balaban J connectivity index is 1.88. The molecule has 0 fully saturated rings. The third-order valence-electron chi connectivity index (χ3n) is 2.24. The molecule has 0 aliphatic carbocycles. The fourth-order valence-electron chi connectivity index (χ4n) is 1.36. The summed E-state index contributed by atoms with van der Waals surface area (Å²) >= 11 is 7.34. The van der Waals surface area contributed by atoms with Crippen LogP contribution in [0.3, 0.4) is 0 Å². The van der Waals surface area contributed by atoms with E-state index in [0.717, 1.165) is 13.1 Å². The van der Waals surface area contributed by atoms with Gasteiger partial charge in [-0.1, -0.05) is 19.8 Å². The summed E-state index contributed by atoms with van der Waals surface area (Å²) < 4.78 is 1.20. The highest BCUT2D eigenvalue weighted by atomic mass is 79.9. The summed E-state index contributed by atoms with van der Waals surface area (Å²) in [6.45, 7) is 4.38. The fourth-order valence-corrected chi connectivity index (χ4v) is 3.68. The van der Waals surface area contributed by atoms with Crippen LogP contribution in [0.4, 0.5) is 0 Å². The van der Waals surface area contributed by atoms with Crippen molar-refractivity contribution in [3.8, 4) is 0 Å². The van der Waals surface area contributed by atoms with Crippen molar-refractivity contribution in [1.29, 1.82) is 0 Å². The summed E-state index contributed by atoms with van der Waals surface area (Å²) in [7, 11) is 0. The van der Waals surface area contributed by atoms with E-state index in [1.165, 1.54) is 40.1 Å². The monoisotopic (exact) mass is 321 g/mol. The minimum Gasteiger partial charge on any atom is -0.311 e. The molecule has 0 amide bonds. The Morgan fingerprint density at radius 2 is 2.25 bits per heavy atom. The Bertz CT molecular complexity index is 276. The van der Waals surface area contributed by atoms with Crippen LogP contribution in [-0.2, 0) is 6.54 Å². The van der Waals surface area contributed by atoms with Gasteiger partial charge < -0.3 is 5.32 Å². The Morgan fingerprint density at radius 1 is 1.38 bits per heavy atom. The van der Waals surface area contributed by atoms with Crippen molar-refractivity contribution in [2.24, 2.45) is 0 Å². The van der Waals surface area contributed by atoms with E-state index < -0.39 is 0 Å². The summed E-state index contributed by atoms with van der Waals surface area (Å²) in [5, 5.41) is 5.61. The van der Waals surface area contributed by atoms with Gasteiger partial charge in [0.15, 0.2) is 0 Å². The van der Waals surface area contributed by atoms with Crippen molar-refractivity contribution in [3.63, 3.8) is 0 Å². The van der Waals surface area contributed by atoms with Gasteiger partial charge in [-0.25, -0.2) is 0 Å². The summed E-state index contributed by atoms with van der Waals surface area (Å²) in [5.41, 5.74) is 0. The lowest BCUT2D eigenvalue weighted by Crippen LogP contribution is -2.15. The molecule has 1 rings (SSSR count). The van der Waals surface area contributed by atoms with Gasteiger partial charge in [-0.05, 0) is 34.2 Å². The van der Waals surface area contributed by atoms with Crippen molar-refractivity contribution in [2.75, 3.05) is 18.1 Å². The topological polar surface area (TPSA) is 12.0 Å². The normalized spacial score (nSPS) is 10.9. The number of halogens is 1. The average molecular weight is 322 g/mol. The lowest BCUT2D eigenvalue weighted by Gasteiger charge is -2.03. The van der Waals surface area contributed by atoms with Gasteiger partial charge in [0, 0.05) is 33.6 Å². The Labute approximate surface area is 116 Å². The van der Waals surface area contributed by atoms with Crippen LogP contribution in [0, 0.1) is 0 Å². The molecule has 0 saturated carbocycles. The van der Waals surface area contributed by atoms with Crippen molar-refractivity contribution in [3.05, 3.63) is 20.8 Å². The SMILES string of the molecule is CCCCCSCCNCc1cc(Br)cs1. The minimum atomic E-state index is 1.01. The molecule has 0 radical (unpaired) electrons. The lowest BCUT2D eigenvalue weighted by molar-refractivity contribution is 0.739. The quantitative estimate of drug-likeness (QED) is 0.671. The molecule has 1 N–H and O–H groups in total. The maximum absolute atomic E-state index is 3.47. The molecule has 1 nitrogen and oxygen atoms in total. The third-order valence-corrected chi connectivity index (χ3v) is 5.00. The molecular formula is C12H20BrNS2. The molecule has 1 aromatic heterocycles. The van der Waals surface area contributed by atoms with E-state index in [0.29, 0.717) is 0 Å². The van der Waals surface area contributed by atoms with E-state index in [1.54, 1.807) is 0 Å². The van der Waals surface area contributed by atoms with E-state index in [9.17, 15) is 0 Å². The number of thiophene rings is 1. The van der Waals surface area contributed by atoms with Crippen LogP contribution in [0.1, 0.15) is 31.1 Å². The van der Waals surface area contributed by atoms with Gasteiger partial charge in [-0.15, -0.1) is 11.3 Å². The van der Waals surface area contributed by atoms with Gasteiger partial charge in [-0.3, -0.25) is 0 Å². The number of hydrogen-bond donors (Lipinski definition) is 1. The molecule has 92 valence electrons. The van der Waals surface area contributed by atoms with Gasteiger partial charge in [0.05, 0.1) is 0 Å². The number of thioether (sulfide) groups is 1. The van der Waals surface area contributed by atoms with Crippen LogP contribution >= 0.6 is 39.0 Å². The second kappa shape index (κ2) is 9.51. The number of rotatable bonds is 9. The molecule has 0 spiro atoms. The van der Waals surface area contributed by atoms with Gasteiger partial charge >= 0.3 is 0 Å². The first-order chi connectivity index (χ1) is 7.83. The number of hydrogen-bond acceptors (Lipinski definition) is 3. The van der Waals surface area contributed by atoms with Gasteiger partial charge in [0.1, 0.15) is 0 Å². The Morgan fingerprint density at radius 3 is 2.94 bits per heavy atom. The molecule has 0 aliphatic rings. The van der Waals surface area contributed by atoms with E-state index >= 15 is 0 Å². The standard InChI is InChI=1S/C12H20BrNS2/c1-2-3-4-6-15-7-5-14-9-12-8-11(13)10-16-12/h8,10,14H,2-7,9H2,1H3. The molecule has 0 unspecified atom stereocenters. The highest BCUT2D eigenvalue weighted by Gasteiger charge is 1.96.